The van der Waals surface area contributed by atoms with Gasteiger partial charge >= 0.3 is 0 Å². The highest BCUT2D eigenvalue weighted by atomic mass is 16.2. The first-order valence-corrected chi connectivity index (χ1v) is 8.72. The van der Waals surface area contributed by atoms with E-state index >= 15 is 0 Å². The Morgan fingerprint density at radius 1 is 1.19 bits per heavy atom. The average Bonchev–Trinajstić information content (AvgIpc) is 2.52. The van der Waals surface area contributed by atoms with Crippen LogP contribution >= 0.6 is 0 Å². The Hall–Kier alpha value is -1.06. The fourth-order valence-corrected chi connectivity index (χ4v) is 3.86. The maximum absolute atomic E-state index is 12.5. The van der Waals surface area contributed by atoms with Crippen molar-refractivity contribution in [3.63, 3.8) is 0 Å². The zero-order valence-corrected chi connectivity index (χ0v) is 13.6. The van der Waals surface area contributed by atoms with E-state index in [1.54, 1.807) is 0 Å². The van der Waals surface area contributed by atoms with Gasteiger partial charge in [-0.1, -0.05) is 52.4 Å². The van der Waals surface area contributed by atoms with Crippen LogP contribution in [0.5, 0.6) is 0 Å². The molecule has 2 amide bonds. The van der Waals surface area contributed by atoms with Crippen LogP contribution in [0.25, 0.3) is 0 Å². The summed E-state index contributed by atoms with van der Waals surface area (Å²) in [6, 6.07) is 0. The van der Waals surface area contributed by atoms with Gasteiger partial charge in [0.25, 0.3) is 0 Å². The highest BCUT2D eigenvalue weighted by Crippen LogP contribution is 2.36. The average molecular weight is 294 g/mol. The molecule has 1 spiro atoms. The molecule has 1 saturated heterocycles. The smallest absolute Gasteiger partial charge is 0.246 e. The second-order valence-electron chi connectivity index (χ2n) is 6.70. The Morgan fingerprint density at radius 2 is 1.90 bits per heavy atom. The van der Waals surface area contributed by atoms with Crippen molar-refractivity contribution >= 4 is 11.8 Å². The van der Waals surface area contributed by atoms with Crippen LogP contribution in [-0.4, -0.2) is 35.3 Å². The molecule has 0 radical (unpaired) electrons. The van der Waals surface area contributed by atoms with Gasteiger partial charge in [0.05, 0.1) is 6.54 Å². The molecule has 1 unspecified atom stereocenters. The molecule has 21 heavy (non-hydrogen) atoms. The summed E-state index contributed by atoms with van der Waals surface area (Å²) < 4.78 is 0. The van der Waals surface area contributed by atoms with Crippen LogP contribution in [-0.2, 0) is 9.59 Å². The van der Waals surface area contributed by atoms with E-state index in [1.807, 2.05) is 4.90 Å². The second kappa shape index (κ2) is 7.28. The van der Waals surface area contributed by atoms with Gasteiger partial charge in [-0.3, -0.25) is 9.59 Å². The molecule has 4 nitrogen and oxygen atoms in total. The number of carbonyl (C=O) groups excluding carboxylic acids is 2. The van der Waals surface area contributed by atoms with Crippen molar-refractivity contribution in [2.24, 2.45) is 5.92 Å². The van der Waals surface area contributed by atoms with Gasteiger partial charge in [0.2, 0.25) is 11.8 Å². The number of unbranched alkanes of at least 4 members (excludes halogenated alkanes) is 1. The first-order chi connectivity index (χ1) is 10.1. The summed E-state index contributed by atoms with van der Waals surface area (Å²) in [6.45, 7) is 5.35. The molecule has 4 heteroatoms. The quantitative estimate of drug-likeness (QED) is 0.819. The van der Waals surface area contributed by atoms with Crippen LogP contribution in [0.1, 0.15) is 71.6 Å². The summed E-state index contributed by atoms with van der Waals surface area (Å²) in [5.74, 6) is 0.734. The van der Waals surface area contributed by atoms with Gasteiger partial charge < -0.3 is 10.2 Å². The first kappa shape index (κ1) is 16.3. The van der Waals surface area contributed by atoms with Gasteiger partial charge in [-0.15, -0.1) is 0 Å². The lowest BCUT2D eigenvalue weighted by Crippen LogP contribution is -2.68. The van der Waals surface area contributed by atoms with E-state index in [2.05, 4.69) is 19.2 Å². The Kier molecular flexibility index (Phi) is 5.65. The molecule has 1 heterocycles. The highest BCUT2D eigenvalue weighted by Gasteiger charge is 2.49. The van der Waals surface area contributed by atoms with Crippen LogP contribution in [0, 0.1) is 5.92 Å². The van der Waals surface area contributed by atoms with Crippen molar-refractivity contribution < 1.29 is 9.59 Å². The van der Waals surface area contributed by atoms with Crippen molar-refractivity contribution in [1.82, 2.24) is 10.2 Å². The number of amides is 2. The van der Waals surface area contributed by atoms with E-state index in [9.17, 15) is 9.59 Å². The lowest BCUT2D eigenvalue weighted by Gasteiger charge is -2.49. The van der Waals surface area contributed by atoms with Crippen molar-refractivity contribution in [1.29, 1.82) is 0 Å². The largest absolute Gasteiger partial charge is 0.345 e. The summed E-state index contributed by atoms with van der Waals surface area (Å²) in [4.78, 5) is 26.9. The van der Waals surface area contributed by atoms with Gasteiger partial charge in [0.1, 0.15) is 5.54 Å². The normalized spacial score (nSPS) is 23.2. The number of rotatable bonds is 6. The lowest BCUT2D eigenvalue weighted by molar-refractivity contribution is -0.157. The van der Waals surface area contributed by atoms with Gasteiger partial charge in [0, 0.05) is 6.54 Å². The van der Waals surface area contributed by atoms with Crippen LogP contribution < -0.4 is 5.32 Å². The third kappa shape index (κ3) is 3.41. The van der Waals surface area contributed by atoms with Crippen molar-refractivity contribution in [2.75, 3.05) is 13.1 Å². The van der Waals surface area contributed by atoms with E-state index in [-0.39, 0.29) is 18.4 Å². The Labute approximate surface area is 128 Å². The zero-order valence-electron chi connectivity index (χ0n) is 13.6. The van der Waals surface area contributed by atoms with E-state index in [1.165, 1.54) is 19.3 Å². The monoisotopic (exact) mass is 294 g/mol. The number of nitrogens with one attached hydrogen (secondary N) is 1. The third-order valence-corrected chi connectivity index (χ3v) is 5.31. The van der Waals surface area contributed by atoms with Gasteiger partial charge in [-0.05, 0) is 25.2 Å². The molecule has 2 rings (SSSR count). The van der Waals surface area contributed by atoms with E-state index in [0.29, 0.717) is 5.92 Å². The van der Waals surface area contributed by atoms with Crippen molar-refractivity contribution in [3.8, 4) is 0 Å². The summed E-state index contributed by atoms with van der Waals surface area (Å²) >= 11 is 0. The second-order valence-corrected chi connectivity index (χ2v) is 6.70. The number of carbonyl (C=O) groups is 2. The maximum Gasteiger partial charge on any atom is 0.246 e. The fraction of sp³-hybridized carbons (Fsp3) is 0.882. The molecule has 0 aromatic rings. The van der Waals surface area contributed by atoms with Crippen LogP contribution in [0.4, 0.5) is 0 Å². The van der Waals surface area contributed by atoms with Crippen LogP contribution in [0.15, 0.2) is 0 Å². The van der Waals surface area contributed by atoms with Crippen molar-refractivity contribution in [3.05, 3.63) is 0 Å². The molecular formula is C17H30N2O2. The fourth-order valence-electron chi connectivity index (χ4n) is 3.86. The SMILES string of the molecule is CCCCC(CC)CN1C(=O)CNC(=O)C12CCCCC2. The molecule has 1 N–H and O–H groups in total. The summed E-state index contributed by atoms with van der Waals surface area (Å²) in [7, 11) is 0. The minimum atomic E-state index is -0.535. The molecular weight excluding hydrogens is 264 g/mol. The zero-order chi connectivity index (χ0) is 15.3. The number of piperazine rings is 1. The number of hydrogen-bond donors (Lipinski definition) is 1. The number of hydrogen-bond acceptors (Lipinski definition) is 2. The molecule has 2 aliphatic rings. The maximum atomic E-state index is 12.5. The molecule has 0 aromatic carbocycles. The molecule has 1 aliphatic heterocycles. The first-order valence-electron chi connectivity index (χ1n) is 8.72. The molecule has 1 atom stereocenters. The Balaban J connectivity index is 2.14. The summed E-state index contributed by atoms with van der Waals surface area (Å²) in [5, 5.41) is 2.83. The minimum absolute atomic E-state index is 0.0899. The highest BCUT2D eigenvalue weighted by molar-refractivity contribution is 5.98. The standard InChI is InChI=1S/C17H30N2O2/c1-3-5-9-14(4-2)13-19-15(20)12-18-16(21)17(19)10-7-6-8-11-17/h14H,3-13H2,1-2H3,(H,18,21). The van der Waals surface area contributed by atoms with Gasteiger partial charge in [0.15, 0.2) is 0 Å². The lowest BCUT2D eigenvalue weighted by atomic mass is 9.77. The predicted octanol–water partition coefficient (Wildman–Crippen LogP) is 2.86. The van der Waals surface area contributed by atoms with E-state index in [4.69, 9.17) is 0 Å². The van der Waals surface area contributed by atoms with Crippen molar-refractivity contribution in [2.45, 2.75) is 77.2 Å². The molecule has 0 bridgehead atoms. The molecule has 1 aliphatic carbocycles. The molecule has 120 valence electrons. The van der Waals surface area contributed by atoms with Crippen LogP contribution in [0.3, 0.4) is 0 Å². The predicted molar refractivity (Wildman–Crippen MR) is 83.8 cm³/mol. The summed E-state index contributed by atoms with van der Waals surface area (Å²) in [6.07, 6.45) is 9.63. The topological polar surface area (TPSA) is 49.4 Å². The summed E-state index contributed by atoms with van der Waals surface area (Å²) in [5.41, 5.74) is -0.535. The molecule has 1 saturated carbocycles. The van der Waals surface area contributed by atoms with Crippen LogP contribution in [0.2, 0.25) is 0 Å². The minimum Gasteiger partial charge on any atom is -0.345 e. The Bertz CT molecular complexity index is 375. The third-order valence-electron chi connectivity index (χ3n) is 5.31. The van der Waals surface area contributed by atoms with E-state index in [0.717, 1.165) is 45.1 Å². The number of nitrogens with zero attached hydrogens (tertiary/aromatic N) is 1. The molecule has 2 fully saturated rings. The van der Waals surface area contributed by atoms with Gasteiger partial charge in [-0.25, -0.2) is 0 Å². The van der Waals surface area contributed by atoms with Gasteiger partial charge in [-0.2, -0.15) is 0 Å². The Morgan fingerprint density at radius 3 is 2.52 bits per heavy atom. The molecule has 0 aromatic heterocycles. The van der Waals surface area contributed by atoms with E-state index < -0.39 is 5.54 Å².